The lowest BCUT2D eigenvalue weighted by Crippen LogP contribution is -2.15. The van der Waals surface area contributed by atoms with Crippen LogP contribution in [0.2, 0.25) is 5.15 Å². The van der Waals surface area contributed by atoms with E-state index in [-0.39, 0.29) is 36.4 Å². The van der Waals surface area contributed by atoms with Gasteiger partial charge in [-0.3, -0.25) is 9.59 Å². The van der Waals surface area contributed by atoms with Crippen LogP contribution in [0.15, 0.2) is 85.2 Å². The number of nitrogens with one attached hydrogen (secondary N) is 2. The van der Waals surface area contributed by atoms with Gasteiger partial charge in [0.1, 0.15) is 0 Å². The molecule has 2 aliphatic rings. The van der Waals surface area contributed by atoms with Crippen LogP contribution in [0.25, 0.3) is 45.1 Å². The fourth-order valence-corrected chi connectivity index (χ4v) is 8.12. The van der Waals surface area contributed by atoms with E-state index in [9.17, 15) is 41.0 Å². The van der Waals surface area contributed by atoms with Crippen molar-refractivity contribution in [2.24, 2.45) is 11.8 Å². The number of alkyl halides is 6. The van der Waals surface area contributed by atoms with Crippen molar-refractivity contribution in [3.05, 3.63) is 118 Å². The molecule has 2 saturated carbocycles. The van der Waals surface area contributed by atoms with Crippen molar-refractivity contribution in [3.8, 4) is 33.8 Å². The average molecular weight is 945 g/mol. The number of hydrogen-bond donors (Lipinski definition) is 3. The molecule has 4 aromatic heterocycles. The van der Waals surface area contributed by atoms with Gasteiger partial charge in [0.15, 0.2) is 28.0 Å². The number of halogens is 7. The van der Waals surface area contributed by atoms with Gasteiger partial charge in [0, 0.05) is 59.8 Å². The van der Waals surface area contributed by atoms with Gasteiger partial charge < -0.3 is 15.7 Å². The first kappa shape index (κ1) is 47.2. The number of benzene rings is 3. The van der Waals surface area contributed by atoms with Crippen molar-refractivity contribution < 1.29 is 41.0 Å². The van der Waals surface area contributed by atoms with E-state index < -0.39 is 25.2 Å². The van der Waals surface area contributed by atoms with Crippen molar-refractivity contribution >= 4 is 45.8 Å². The summed E-state index contributed by atoms with van der Waals surface area (Å²) >= 11 is 6.09. The Morgan fingerprint density at radius 2 is 1.16 bits per heavy atom. The van der Waals surface area contributed by atoms with Gasteiger partial charge in [0.2, 0.25) is 0 Å². The molecule has 67 heavy (non-hydrogen) atoms. The number of aryl methyl sites for hydroxylation is 2. The number of rotatable bonds is 16. The van der Waals surface area contributed by atoms with E-state index in [0.29, 0.717) is 86.7 Å². The molecule has 0 bridgehead atoms. The predicted molar refractivity (Wildman–Crippen MR) is 244 cm³/mol. The minimum Gasteiger partial charge on any atom is -0.392 e. The number of carbonyl (C=O) groups is 2. The summed E-state index contributed by atoms with van der Waals surface area (Å²) in [4.78, 5) is 33.9. The Kier molecular flexibility index (Phi) is 13.7. The molecule has 0 aliphatic heterocycles. The number of Topliss-reactive ketones (excluding diaryl/α,β-unsaturated/α-hetero) is 2. The number of imidazole rings is 2. The number of aliphatic hydroxyl groups excluding tert-OH is 1. The summed E-state index contributed by atoms with van der Waals surface area (Å²) in [7, 11) is 0. The van der Waals surface area contributed by atoms with Gasteiger partial charge >= 0.3 is 12.4 Å². The minimum atomic E-state index is -4.29. The van der Waals surface area contributed by atoms with Crippen LogP contribution in [0.1, 0.15) is 88.8 Å². The molecule has 0 saturated heterocycles. The fourth-order valence-electron chi connectivity index (χ4n) is 7.94. The highest BCUT2D eigenvalue weighted by molar-refractivity contribution is 6.29. The van der Waals surface area contributed by atoms with Crippen LogP contribution in [0.4, 0.5) is 37.7 Å². The third-order valence-electron chi connectivity index (χ3n) is 11.8. The molecule has 2 aliphatic carbocycles. The lowest BCUT2D eigenvalue weighted by molar-refractivity contribution is -0.132. The Morgan fingerprint density at radius 3 is 1.63 bits per heavy atom. The Hall–Kier alpha value is -6.33. The molecule has 0 atom stereocenters. The van der Waals surface area contributed by atoms with Gasteiger partial charge in [0.05, 0.1) is 60.3 Å². The van der Waals surface area contributed by atoms with E-state index >= 15 is 0 Å². The zero-order chi connectivity index (χ0) is 47.6. The van der Waals surface area contributed by atoms with E-state index in [4.69, 9.17) is 16.7 Å². The number of hydrogen-bond acceptors (Lipinski definition) is 9. The van der Waals surface area contributed by atoms with Gasteiger partial charge in [-0.2, -0.15) is 36.5 Å². The van der Waals surface area contributed by atoms with Crippen LogP contribution in [-0.4, -0.2) is 71.3 Å². The molecule has 0 radical (unpaired) electrons. The third kappa shape index (κ3) is 11.6. The molecule has 0 amide bonds. The standard InChI is InChI=1S/C28H27F3N4O2.C21H20ClF3N4O/c1-17-12-19(8-9-21(17)26(37)13-18-6-7-18)25-15-33-27-24(32-11-10-28(29,30)31)14-23(34-35(25)27)22-5-3-2-4-20(22)16-36;1-12-8-14(4-5-15(12)18(30)9-13-2-3-13)17-11-27-20-16(10-19(22)28-29(17)20)26-7-6-21(23,24)25/h2-5,8-9,12,14-15,18,32,36H,6-7,10-11,13,16H2,1H3;4-5,8,10-11,13,26H,2-3,6-7,9H2,1H3. The highest BCUT2D eigenvalue weighted by atomic mass is 35.5. The molecule has 350 valence electrons. The highest BCUT2D eigenvalue weighted by Gasteiger charge is 2.29. The normalized spacial score (nSPS) is 14.0. The van der Waals surface area contributed by atoms with Gasteiger partial charge in [0.25, 0.3) is 0 Å². The minimum absolute atomic E-state index is 0.129. The first-order valence-corrected chi connectivity index (χ1v) is 22.3. The SMILES string of the molecule is Cc1cc(-c2cnc3c(NCCC(F)(F)F)cc(-c4ccccc4CO)nn23)ccc1C(=O)CC1CC1.Cc1cc(-c2cnc3c(NCCC(F)(F)F)cc(Cl)nn23)ccc1C(=O)CC1CC1. The van der Waals surface area contributed by atoms with Gasteiger partial charge in [-0.05, 0) is 86.3 Å². The molecule has 3 aromatic carbocycles. The maximum absolute atomic E-state index is 12.8. The molecule has 7 aromatic rings. The summed E-state index contributed by atoms with van der Waals surface area (Å²) in [6.45, 7) is 2.96. The second-order valence-electron chi connectivity index (χ2n) is 17.2. The number of carbonyl (C=O) groups excluding carboxylic acids is 2. The summed E-state index contributed by atoms with van der Waals surface area (Å²) in [6, 6.07) is 21.4. The summed E-state index contributed by atoms with van der Waals surface area (Å²) in [6.07, 6.45) is -1.68. The fraction of sp³-hybridized carbons (Fsp3) is 0.347. The van der Waals surface area contributed by atoms with Crippen molar-refractivity contribution in [3.63, 3.8) is 0 Å². The van der Waals surface area contributed by atoms with Crippen molar-refractivity contribution in [1.29, 1.82) is 0 Å². The van der Waals surface area contributed by atoms with Crippen LogP contribution in [0, 0.1) is 25.7 Å². The molecule has 0 spiro atoms. The second kappa shape index (κ2) is 19.5. The molecule has 2 fully saturated rings. The van der Waals surface area contributed by atoms with Crippen LogP contribution >= 0.6 is 11.6 Å². The van der Waals surface area contributed by atoms with E-state index in [1.165, 1.54) is 10.6 Å². The van der Waals surface area contributed by atoms with E-state index in [2.05, 4.69) is 25.7 Å². The summed E-state index contributed by atoms with van der Waals surface area (Å²) < 4.78 is 78.9. The number of aliphatic hydroxyl groups is 1. The smallest absolute Gasteiger partial charge is 0.390 e. The maximum Gasteiger partial charge on any atom is 0.390 e. The molecule has 0 unspecified atom stereocenters. The molecular formula is C49H47ClF6N8O3. The first-order valence-electron chi connectivity index (χ1n) is 22.0. The monoisotopic (exact) mass is 944 g/mol. The third-order valence-corrected chi connectivity index (χ3v) is 12.0. The Balaban J connectivity index is 0.000000186. The number of nitrogens with zero attached hydrogens (tertiary/aromatic N) is 6. The summed E-state index contributed by atoms with van der Waals surface area (Å²) in [5, 5.41) is 24.6. The highest BCUT2D eigenvalue weighted by Crippen LogP contribution is 2.37. The number of fused-ring (bicyclic) bond motifs is 2. The second-order valence-corrected chi connectivity index (χ2v) is 17.6. The molecule has 18 heteroatoms. The number of aromatic nitrogens is 6. The Morgan fingerprint density at radius 1 is 0.687 bits per heavy atom. The molecule has 9 rings (SSSR count). The zero-order valence-electron chi connectivity index (χ0n) is 36.6. The van der Waals surface area contributed by atoms with E-state index in [1.807, 2.05) is 56.3 Å². The van der Waals surface area contributed by atoms with Gasteiger partial charge in [-0.25, -0.2) is 19.0 Å². The molecule has 11 nitrogen and oxygen atoms in total. The largest absolute Gasteiger partial charge is 0.392 e. The predicted octanol–water partition coefficient (Wildman–Crippen LogP) is 11.9. The van der Waals surface area contributed by atoms with Crippen molar-refractivity contribution in [2.45, 2.75) is 84.2 Å². The molecule has 3 N–H and O–H groups in total. The van der Waals surface area contributed by atoms with Crippen LogP contribution in [0.3, 0.4) is 0 Å². The van der Waals surface area contributed by atoms with E-state index in [1.54, 1.807) is 41.2 Å². The lowest BCUT2D eigenvalue weighted by Gasteiger charge is -2.14. The molecule has 4 heterocycles. The van der Waals surface area contributed by atoms with Crippen LogP contribution in [-0.2, 0) is 6.61 Å². The summed E-state index contributed by atoms with van der Waals surface area (Å²) in [5.74, 6) is 1.31. The lowest BCUT2D eigenvalue weighted by atomic mass is 9.98. The van der Waals surface area contributed by atoms with Crippen molar-refractivity contribution in [1.82, 2.24) is 29.2 Å². The number of ketones is 2. The first-order chi connectivity index (χ1) is 31.9. The van der Waals surface area contributed by atoms with Gasteiger partial charge in [-0.1, -0.05) is 60.1 Å². The Labute approximate surface area is 386 Å². The van der Waals surface area contributed by atoms with Gasteiger partial charge in [-0.15, -0.1) is 0 Å². The Bertz CT molecular complexity index is 2960. The quantitative estimate of drug-likeness (QED) is 0.0638. The summed E-state index contributed by atoms with van der Waals surface area (Å²) in [5.41, 5.74) is 9.31. The topological polar surface area (TPSA) is 139 Å². The average Bonchev–Trinajstić information content (AvgIpc) is 4.19. The van der Waals surface area contributed by atoms with Crippen molar-refractivity contribution in [2.75, 3.05) is 23.7 Å². The van der Waals surface area contributed by atoms with Crippen LogP contribution in [0.5, 0.6) is 0 Å². The number of anilines is 2. The van der Waals surface area contributed by atoms with E-state index in [0.717, 1.165) is 47.9 Å². The zero-order valence-corrected chi connectivity index (χ0v) is 37.4. The van der Waals surface area contributed by atoms with Crippen LogP contribution < -0.4 is 10.6 Å². The molecular weight excluding hydrogens is 898 g/mol. The maximum atomic E-state index is 12.8.